The highest BCUT2D eigenvalue weighted by atomic mass is 32.2. The molecule has 3 heteroatoms. The molecule has 88 valence electrons. The SMILES string of the molecule is Cc1ccccc1Sc1ccc([C@@H](C)N)cn1. The smallest absolute Gasteiger partial charge is 0.101 e. The van der Waals surface area contributed by atoms with E-state index in [2.05, 4.69) is 24.0 Å². The number of hydrogen-bond donors (Lipinski definition) is 1. The van der Waals surface area contributed by atoms with E-state index < -0.39 is 0 Å². The third-order valence-corrected chi connectivity index (χ3v) is 3.72. The first-order chi connectivity index (χ1) is 8.16. The van der Waals surface area contributed by atoms with Gasteiger partial charge in [-0.3, -0.25) is 0 Å². The lowest BCUT2D eigenvalue weighted by Crippen LogP contribution is -2.04. The van der Waals surface area contributed by atoms with E-state index in [9.17, 15) is 0 Å². The standard InChI is InChI=1S/C14H16N2S/c1-10-5-3-4-6-13(10)17-14-8-7-12(9-16-14)11(2)15/h3-9,11H,15H2,1-2H3/t11-/m1/s1. The zero-order valence-electron chi connectivity index (χ0n) is 10.1. The van der Waals surface area contributed by atoms with E-state index in [-0.39, 0.29) is 6.04 Å². The number of aryl methyl sites for hydroxylation is 1. The Labute approximate surface area is 106 Å². The number of pyridine rings is 1. The number of hydrogen-bond acceptors (Lipinski definition) is 3. The largest absolute Gasteiger partial charge is 0.324 e. The van der Waals surface area contributed by atoms with Crippen LogP contribution in [0.25, 0.3) is 0 Å². The Morgan fingerprint density at radius 3 is 2.53 bits per heavy atom. The average molecular weight is 244 g/mol. The van der Waals surface area contributed by atoms with Crippen molar-refractivity contribution >= 4 is 11.8 Å². The van der Waals surface area contributed by atoms with E-state index in [0.29, 0.717) is 0 Å². The number of benzene rings is 1. The van der Waals surface area contributed by atoms with Crippen LogP contribution < -0.4 is 5.73 Å². The fourth-order valence-electron chi connectivity index (χ4n) is 1.51. The van der Waals surface area contributed by atoms with Crippen molar-refractivity contribution in [1.29, 1.82) is 0 Å². The van der Waals surface area contributed by atoms with Crippen LogP contribution in [0.2, 0.25) is 0 Å². The molecular weight excluding hydrogens is 228 g/mol. The van der Waals surface area contributed by atoms with Gasteiger partial charge in [-0.15, -0.1) is 0 Å². The van der Waals surface area contributed by atoms with Crippen molar-refractivity contribution in [2.45, 2.75) is 29.8 Å². The Morgan fingerprint density at radius 1 is 1.18 bits per heavy atom. The summed E-state index contributed by atoms with van der Waals surface area (Å²) in [5, 5.41) is 1.00. The van der Waals surface area contributed by atoms with Gasteiger partial charge in [0, 0.05) is 17.1 Å². The van der Waals surface area contributed by atoms with Crippen LogP contribution in [0.3, 0.4) is 0 Å². The molecule has 2 N–H and O–H groups in total. The van der Waals surface area contributed by atoms with E-state index in [1.165, 1.54) is 10.5 Å². The maximum absolute atomic E-state index is 5.79. The van der Waals surface area contributed by atoms with Gasteiger partial charge in [0.05, 0.1) is 0 Å². The second-order valence-corrected chi connectivity index (χ2v) is 5.15. The van der Waals surface area contributed by atoms with Gasteiger partial charge in [0.2, 0.25) is 0 Å². The molecule has 1 aromatic heterocycles. The normalized spacial score (nSPS) is 12.4. The van der Waals surface area contributed by atoms with Gasteiger partial charge in [0.15, 0.2) is 0 Å². The number of nitrogens with two attached hydrogens (primary N) is 1. The zero-order chi connectivity index (χ0) is 12.3. The molecule has 0 bridgehead atoms. The summed E-state index contributed by atoms with van der Waals surface area (Å²) in [6.07, 6.45) is 1.85. The number of nitrogens with zero attached hydrogens (tertiary/aromatic N) is 1. The van der Waals surface area contributed by atoms with E-state index in [1.807, 2.05) is 37.4 Å². The first-order valence-electron chi connectivity index (χ1n) is 5.62. The fraction of sp³-hybridized carbons (Fsp3) is 0.214. The average Bonchev–Trinajstić information content (AvgIpc) is 2.33. The molecule has 2 rings (SSSR count). The molecule has 1 heterocycles. The molecule has 0 unspecified atom stereocenters. The number of aromatic nitrogens is 1. The molecule has 0 fully saturated rings. The third-order valence-electron chi connectivity index (χ3n) is 2.59. The topological polar surface area (TPSA) is 38.9 Å². The van der Waals surface area contributed by atoms with Crippen molar-refractivity contribution in [3.05, 3.63) is 53.7 Å². The molecule has 0 spiro atoms. The Kier molecular flexibility index (Phi) is 3.82. The lowest BCUT2D eigenvalue weighted by Gasteiger charge is -2.07. The minimum atomic E-state index is 0.0417. The van der Waals surface area contributed by atoms with Crippen LogP contribution in [0.1, 0.15) is 24.1 Å². The monoisotopic (exact) mass is 244 g/mol. The fourth-order valence-corrected chi connectivity index (χ4v) is 2.35. The summed E-state index contributed by atoms with van der Waals surface area (Å²) in [5.41, 5.74) is 8.14. The van der Waals surface area contributed by atoms with Gasteiger partial charge in [0.1, 0.15) is 5.03 Å². The molecule has 0 aliphatic heterocycles. The minimum Gasteiger partial charge on any atom is -0.324 e. The Balaban J connectivity index is 2.17. The van der Waals surface area contributed by atoms with Gasteiger partial charge >= 0.3 is 0 Å². The van der Waals surface area contributed by atoms with Crippen molar-refractivity contribution in [3.8, 4) is 0 Å². The molecule has 0 aliphatic carbocycles. The summed E-state index contributed by atoms with van der Waals surface area (Å²) in [7, 11) is 0. The summed E-state index contributed by atoms with van der Waals surface area (Å²) in [6, 6.07) is 12.4. The van der Waals surface area contributed by atoms with E-state index in [4.69, 9.17) is 5.73 Å². The molecule has 0 saturated carbocycles. The minimum absolute atomic E-state index is 0.0417. The van der Waals surface area contributed by atoms with Crippen LogP contribution in [-0.2, 0) is 0 Å². The molecule has 1 aromatic carbocycles. The van der Waals surface area contributed by atoms with Gasteiger partial charge in [0.25, 0.3) is 0 Å². The number of rotatable bonds is 3. The predicted octanol–water partition coefficient (Wildman–Crippen LogP) is 3.56. The lowest BCUT2D eigenvalue weighted by molar-refractivity contribution is 0.806. The van der Waals surface area contributed by atoms with Crippen LogP contribution >= 0.6 is 11.8 Å². The van der Waals surface area contributed by atoms with Gasteiger partial charge in [-0.1, -0.05) is 36.0 Å². The highest BCUT2D eigenvalue weighted by Crippen LogP contribution is 2.28. The molecule has 0 amide bonds. The second kappa shape index (κ2) is 5.34. The lowest BCUT2D eigenvalue weighted by atomic mass is 10.2. The summed E-state index contributed by atoms with van der Waals surface area (Å²) in [5.74, 6) is 0. The molecule has 2 nitrogen and oxygen atoms in total. The maximum Gasteiger partial charge on any atom is 0.101 e. The van der Waals surface area contributed by atoms with Crippen LogP contribution in [0.5, 0.6) is 0 Å². The summed E-state index contributed by atoms with van der Waals surface area (Å²) in [6.45, 7) is 4.07. The van der Waals surface area contributed by atoms with Crippen LogP contribution in [0.15, 0.2) is 52.5 Å². The first kappa shape index (κ1) is 12.1. The molecule has 0 aliphatic rings. The Morgan fingerprint density at radius 2 is 1.94 bits per heavy atom. The van der Waals surface area contributed by atoms with Gasteiger partial charge < -0.3 is 5.73 Å². The van der Waals surface area contributed by atoms with Gasteiger partial charge in [-0.05, 0) is 37.1 Å². The summed E-state index contributed by atoms with van der Waals surface area (Å²) in [4.78, 5) is 5.66. The quantitative estimate of drug-likeness (QED) is 0.897. The van der Waals surface area contributed by atoms with Crippen molar-refractivity contribution < 1.29 is 0 Å². The van der Waals surface area contributed by atoms with Crippen molar-refractivity contribution in [2.24, 2.45) is 5.73 Å². The van der Waals surface area contributed by atoms with Crippen LogP contribution in [0, 0.1) is 6.92 Å². The maximum atomic E-state index is 5.79. The second-order valence-electron chi connectivity index (χ2n) is 4.09. The van der Waals surface area contributed by atoms with E-state index >= 15 is 0 Å². The predicted molar refractivity (Wildman–Crippen MR) is 72.1 cm³/mol. The van der Waals surface area contributed by atoms with Crippen molar-refractivity contribution in [1.82, 2.24) is 4.98 Å². The molecule has 0 saturated heterocycles. The molecule has 2 aromatic rings. The van der Waals surface area contributed by atoms with E-state index in [1.54, 1.807) is 11.8 Å². The Bertz CT molecular complexity index is 492. The van der Waals surface area contributed by atoms with Gasteiger partial charge in [-0.25, -0.2) is 4.98 Å². The molecule has 0 radical (unpaired) electrons. The highest BCUT2D eigenvalue weighted by molar-refractivity contribution is 7.99. The Hall–Kier alpha value is -1.32. The molecule has 17 heavy (non-hydrogen) atoms. The summed E-state index contributed by atoms with van der Waals surface area (Å²) >= 11 is 1.68. The molecular formula is C14H16N2S. The third kappa shape index (κ3) is 3.08. The van der Waals surface area contributed by atoms with Crippen molar-refractivity contribution in [2.75, 3.05) is 0 Å². The van der Waals surface area contributed by atoms with Crippen LogP contribution in [0.4, 0.5) is 0 Å². The zero-order valence-corrected chi connectivity index (χ0v) is 10.9. The van der Waals surface area contributed by atoms with E-state index in [0.717, 1.165) is 10.6 Å². The highest BCUT2D eigenvalue weighted by Gasteiger charge is 2.03. The summed E-state index contributed by atoms with van der Waals surface area (Å²) < 4.78 is 0. The first-order valence-corrected chi connectivity index (χ1v) is 6.43. The molecule has 1 atom stereocenters. The van der Waals surface area contributed by atoms with Crippen molar-refractivity contribution in [3.63, 3.8) is 0 Å². The van der Waals surface area contributed by atoms with Crippen LogP contribution in [-0.4, -0.2) is 4.98 Å². The van der Waals surface area contributed by atoms with Gasteiger partial charge in [-0.2, -0.15) is 0 Å².